The molecular weight excluding hydrogens is 428 g/mol. The molecule has 9 heteroatoms. The van der Waals surface area contributed by atoms with E-state index in [1.165, 1.54) is 4.31 Å². The van der Waals surface area contributed by atoms with E-state index in [0.717, 1.165) is 17.0 Å². The number of aromatic nitrogens is 2. The van der Waals surface area contributed by atoms with Gasteiger partial charge in [0.1, 0.15) is 5.82 Å². The molecule has 8 nitrogen and oxygen atoms in total. The van der Waals surface area contributed by atoms with Crippen molar-refractivity contribution in [3.63, 3.8) is 0 Å². The number of fused-ring (bicyclic) bond motifs is 1. The predicted octanol–water partition coefficient (Wildman–Crippen LogP) is 2.67. The number of sulfonamides is 1. The highest BCUT2D eigenvalue weighted by Crippen LogP contribution is 2.24. The molecule has 0 N–H and O–H groups in total. The third kappa shape index (κ3) is 4.41. The molecule has 0 aliphatic carbocycles. The number of carbonyl (C=O) groups is 1. The molecule has 1 aliphatic heterocycles. The van der Waals surface area contributed by atoms with Crippen LogP contribution in [0.5, 0.6) is 0 Å². The molecule has 0 atom stereocenters. The minimum Gasteiger partial charge on any atom is -0.379 e. The van der Waals surface area contributed by atoms with E-state index in [1.54, 1.807) is 30.1 Å². The molecule has 1 amide bonds. The van der Waals surface area contributed by atoms with Crippen molar-refractivity contribution in [2.75, 3.05) is 38.3 Å². The van der Waals surface area contributed by atoms with Crippen LogP contribution >= 0.6 is 0 Å². The molecule has 0 bridgehead atoms. The van der Waals surface area contributed by atoms with E-state index in [4.69, 9.17) is 9.72 Å². The van der Waals surface area contributed by atoms with E-state index in [2.05, 4.69) is 0 Å². The maximum atomic E-state index is 13.0. The molecule has 1 aliphatic rings. The second-order valence-corrected chi connectivity index (χ2v) is 9.67. The Balaban J connectivity index is 1.55. The number of anilines is 1. The second-order valence-electron chi connectivity index (χ2n) is 7.73. The van der Waals surface area contributed by atoms with Crippen LogP contribution in [-0.2, 0) is 32.5 Å². The summed E-state index contributed by atoms with van der Waals surface area (Å²) < 4.78 is 34.8. The number of imidazole rings is 1. The molecule has 1 saturated heterocycles. The van der Waals surface area contributed by atoms with E-state index in [1.807, 2.05) is 41.8 Å². The zero-order valence-corrected chi connectivity index (χ0v) is 19.2. The zero-order chi connectivity index (χ0) is 22.7. The Morgan fingerprint density at radius 1 is 1.12 bits per heavy atom. The molecule has 3 aromatic rings. The van der Waals surface area contributed by atoms with Crippen LogP contribution < -0.4 is 4.90 Å². The zero-order valence-electron chi connectivity index (χ0n) is 18.4. The van der Waals surface area contributed by atoms with Gasteiger partial charge in [0.2, 0.25) is 15.9 Å². The van der Waals surface area contributed by atoms with Crippen LogP contribution in [0.15, 0.2) is 53.4 Å². The largest absolute Gasteiger partial charge is 0.379 e. The summed E-state index contributed by atoms with van der Waals surface area (Å²) in [5, 5.41) is 0. The van der Waals surface area contributed by atoms with Gasteiger partial charge in [-0.2, -0.15) is 4.31 Å². The number of benzene rings is 2. The highest BCUT2D eigenvalue weighted by molar-refractivity contribution is 7.89. The number of carbonyl (C=O) groups excluding carboxylic acids is 1. The van der Waals surface area contributed by atoms with Crippen LogP contribution in [0.2, 0.25) is 0 Å². The number of hydrogen-bond donors (Lipinski definition) is 0. The molecule has 0 unspecified atom stereocenters. The molecule has 4 rings (SSSR count). The number of nitrogens with zero attached hydrogens (tertiary/aromatic N) is 4. The molecule has 2 heterocycles. The molecular formula is C23H28N4O4S. The summed E-state index contributed by atoms with van der Waals surface area (Å²) in [6, 6.07) is 14.6. The van der Waals surface area contributed by atoms with Gasteiger partial charge in [0, 0.05) is 45.2 Å². The number of morpholine rings is 1. The van der Waals surface area contributed by atoms with Gasteiger partial charge in [-0.15, -0.1) is 0 Å². The first-order valence-corrected chi connectivity index (χ1v) is 12.2. The van der Waals surface area contributed by atoms with Crippen LogP contribution in [0.25, 0.3) is 11.0 Å². The number of amides is 1. The molecule has 0 saturated carbocycles. The number of hydrogen-bond acceptors (Lipinski definition) is 5. The smallest absolute Gasteiger partial charge is 0.243 e. The van der Waals surface area contributed by atoms with Gasteiger partial charge < -0.3 is 14.2 Å². The van der Waals surface area contributed by atoms with Crippen molar-refractivity contribution in [1.82, 2.24) is 13.9 Å². The van der Waals surface area contributed by atoms with E-state index >= 15 is 0 Å². The van der Waals surface area contributed by atoms with Crippen LogP contribution in [0.1, 0.15) is 19.2 Å². The Hall–Kier alpha value is -2.75. The average Bonchev–Trinajstić information content (AvgIpc) is 3.19. The number of ether oxygens (including phenoxy) is 1. The van der Waals surface area contributed by atoms with Crippen molar-refractivity contribution in [3.05, 3.63) is 54.4 Å². The number of para-hydroxylation sites is 1. The minimum absolute atomic E-state index is 0.00138. The Morgan fingerprint density at radius 2 is 1.84 bits per heavy atom. The third-order valence-electron chi connectivity index (χ3n) is 5.80. The Labute approximate surface area is 188 Å². The van der Waals surface area contributed by atoms with Crippen molar-refractivity contribution in [2.45, 2.75) is 31.2 Å². The number of aryl methyl sites for hydroxylation is 2. The van der Waals surface area contributed by atoms with Crippen LogP contribution in [0, 0.1) is 0 Å². The predicted molar refractivity (Wildman–Crippen MR) is 123 cm³/mol. The SMILES string of the molecule is CCn1c(CCC(=O)N(C)c2ccccc2)nc2cc(S(=O)(=O)N3CCOCC3)ccc21. The maximum Gasteiger partial charge on any atom is 0.243 e. The topological polar surface area (TPSA) is 84.7 Å². The lowest BCUT2D eigenvalue weighted by atomic mass is 10.2. The molecule has 1 fully saturated rings. The van der Waals surface area contributed by atoms with Crippen LogP contribution in [0.3, 0.4) is 0 Å². The fourth-order valence-electron chi connectivity index (χ4n) is 3.98. The first-order valence-electron chi connectivity index (χ1n) is 10.8. The highest BCUT2D eigenvalue weighted by atomic mass is 32.2. The molecule has 0 spiro atoms. The Morgan fingerprint density at radius 3 is 2.53 bits per heavy atom. The van der Waals surface area contributed by atoms with Crippen molar-refractivity contribution < 1.29 is 17.9 Å². The summed E-state index contributed by atoms with van der Waals surface area (Å²) in [4.78, 5) is 19.3. The minimum atomic E-state index is -3.59. The van der Waals surface area contributed by atoms with E-state index in [0.29, 0.717) is 51.2 Å². The molecule has 32 heavy (non-hydrogen) atoms. The third-order valence-corrected chi connectivity index (χ3v) is 7.70. The van der Waals surface area contributed by atoms with Crippen molar-refractivity contribution >= 4 is 32.7 Å². The van der Waals surface area contributed by atoms with E-state index in [9.17, 15) is 13.2 Å². The summed E-state index contributed by atoms with van der Waals surface area (Å²) in [6.07, 6.45) is 0.789. The normalized spacial score (nSPS) is 15.2. The van der Waals surface area contributed by atoms with Crippen molar-refractivity contribution in [3.8, 4) is 0 Å². The van der Waals surface area contributed by atoms with Gasteiger partial charge in [-0.25, -0.2) is 13.4 Å². The van der Waals surface area contributed by atoms with Gasteiger partial charge in [-0.1, -0.05) is 18.2 Å². The van der Waals surface area contributed by atoms with Gasteiger partial charge >= 0.3 is 0 Å². The monoisotopic (exact) mass is 456 g/mol. The summed E-state index contributed by atoms with van der Waals surface area (Å²) in [5.41, 5.74) is 2.34. The summed E-state index contributed by atoms with van der Waals surface area (Å²) in [7, 11) is -1.82. The van der Waals surface area contributed by atoms with Gasteiger partial charge in [0.05, 0.1) is 29.1 Å². The molecule has 0 radical (unpaired) electrons. The van der Waals surface area contributed by atoms with Crippen LogP contribution in [-0.4, -0.2) is 61.5 Å². The molecule has 2 aromatic carbocycles. The summed E-state index contributed by atoms with van der Waals surface area (Å²) >= 11 is 0. The molecule has 1 aromatic heterocycles. The van der Waals surface area contributed by atoms with E-state index < -0.39 is 10.0 Å². The Bertz CT molecular complexity index is 1200. The summed E-state index contributed by atoms with van der Waals surface area (Å²) in [6.45, 7) is 4.21. The lowest BCUT2D eigenvalue weighted by Gasteiger charge is -2.26. The van der Waals surface area contributed by atoms with Gasteiger partial charge in [-0.3, -0.25) is 4.79 Å². The fraction of sp³-hybridized carbons (Fsp3) is 0.391. The molecule has 170 valence electrons. The first-order chi connectivity index (χ1) is 15.4. The standard InChI is InChI=1S/C23H28N4O4S/c1-3-27-21-10-9-19(32(29,30)26-13-15-31-16-14-26)17-20(21)24-22(27)11-12-23(28)25(2)18-7-5-4-6-8-18/h4-10,17H,3,11-16H2,1-2H3. The average molecular weight is 457 g/mol. The van der Waals surface area contributed by atoms with Gasteiger partial charge in [-0.05, 0) is 37.3 Å². The van der Waals surface area contributed by atoms with E-state index in [-0.39, 0.29) is 10.8 Å². The number of rotatable bonds is 7. The lowest BCUT2D eigenvalue weighted by Crippen LogP contribution is -2.40. The van der Waals surface area contributed by atoms with Crippen molar-refractivity contribution in [1.29, 1.82) is 0 Å². The first kappa shape index (κ1) is 22.4. The quantitative estimate of drug-likeness (QED) is 0.546. The lowest BCUT2D eigenvalue weighted by molar-refractivity contribution is -0.118. The van der Waals surface area contributed by atoms with Gasteiger partial charge in [0.15, 0.2) is 0 Å². The maximum absolute atomic E-state index is 13.0. The fourth-order valence-corrected chi connectivity index (χ4v) is 5.41. The Kier molecular flexibility index (Phi) is 6.59. The second kappa shape index (κ2) is 9.40. The van der Waals surface area contributed by atoms with Crippen LogP contribution in [0.4, 0.5) is 5.69 Å². The summed E-state index contributed by atoms with van der Waals surface area (Å²) in [5.74, 6) is 0.778. The van der Waals surface area contributed by atoms with Gasteiger partial charge in [0.25, 0.3) is 0 Å². The van der Waals surface area contributed by atoms with Crippen molar-refractivity contribution in [2.24, 2.45) is 0 Å². The highest BCUT2D eigenvalue weighted by Gasteiger charge is 2.27.